The molecular formula is C30H48F3NO5S. The van der Waals surface area contributed by atoms with Gasteiger partial charge in [-0.15, -0.1) is 11.8 Å². The Morgan fingerprint density at radius 1 is 1.25 bits per heavy atom. The summed E-state index contributed by atoms with van der Waals surface area (Å²) in [5, 5.41) is 23.8. The van der Waals surface area contributed by atoms with E-state index in [9.17, 15) is 33.0 Å². The lowest BCUT2D eigenvalue weighted by Crippen LogP contribution is -2.45. The fraction of sp³-hybridized carbons (Fsp3) is 0.800. The van der Waals surface area contributed by atoms with Crippen LogP contribution in [0.15, 0.2) is 22.8 Å². The summed E-state index contributed by atoms with van der Waals surface area (Å²) >= 11 is 1.54. The molecule has 10 heteroatoms. The standard InChI is InChI=1S/C30H48F3NO5S/c1-8-19(4)40-16-22(34)12-18(3)23-13-21-15-29(21,30(31,32)33)11-9-10-17(2)26(37)20(5)27(38)28(6,7)24(35)14-25(36)39-23/h12,16-17,19-21,23-24,26,35,37H,8-11,13-15,34H2,1-7H3/b18-12+,22-16-/t17-,19?,20+,21?,23-,24-,26-,29?/m0/s1. The highest BCUT2D eigenvalue weighted by atomic mass is 32.2. The third-order valence-electron chi connectivity index (χ3n) is 9.10. The minimum Gasteiger partial charge on any atom is -0.458 e. The number of ketones is 1. The van der Waals surface area contributed by atoms with Crippen molar-refractivity contribution in [1.29, 1.82) is 0 Å². The highest BCUT2D eigenvalue weighted by molar-refractivity contribution is 8.02. The zero-order valence-electron chi connectivity index (χ0n) is 24.9. The van der Waals surface area contributed by atoms with E-state index in [4.69, 9.17) is 10.5 Å². The number of Topliss-reactive ketones (excluding diaryl/α,β-unsaturated/α-hetero) is 1. The molecule has 2 aliphatic rings. The van der Waals surface area contributed by atoms with Crippen molar-refractivity contribution < 1.29 is 37.7 Å². The first-order valence-electron chi connectivity index (χ1n) is 14.3. The third-order valence-corrected chi connectivity index (χ3v) is 10.3. The normalized spacial score (nSPS) is 36.0. The first kappa shape index (κ1) is 34.7. The number of esters is 1. The van der Waals surface area contributed by atoms with Crippen molar-refractivity contribution >= 4 is 23.5 Å². The number of aliphatic hydroxyl groups is 2. The van der Waals surface area contributed by atoms with E-state index >= 15 is 0 Å². The van der Waals surface area contributed by atoms with Crippen LogP contribution in [-0.4, -0.2) is 51.7 Å². The molecule has 8 atom stereocenters. The van der Waals surface area contributed by atoms with Gasteiger partial charge in [0.15, 0.2) is 0 Å². The van der Waals surface area contributed by atoms with Gasteiger partial charge in [0.05, 0.1) is 29.5 Å². The number of thioether (sulfide) groups is 1. The molecule has 40 heavy (non-hydrogen) atoms. The molecule has 1 aliphatic carbocycles. The quantitative estimate of drug-likeness (QED) is 0.254. The van der Waals surface area contributed by atoms with Crippen molar-refractivity contribution in [3.8, 4) is 0 Å². The number of nitrogens with two attached hydrogens (primary N) is 1. The second kappa shape index (κ2) is 13.6. The Hall–Kier alpha value is -1.52. The van der Waals surface area contributed by atoms with E-state index in [0.29, 0.717) is 22.9 Å². The van der Waals surface area contributed by atoms with Crippen molar-refractivity contribution in [3.05, 3.63) is 22.8 Å². The lowest BCUT2D eigenvalue weighted by molar-refractivity contribution is -0.195. The zero-order chi connectivity index (χ0) is 30.6. The fourth-order valence-electron chi connectivity index (χ4n) is 5.68. The highest BCUT2D eigenvalue weighted by Crippen LogP contribution is 2.67. The number of rotatable bonds is 5. The molecule has 3 unspecified atom stereocenters. The van der Waals surface area contributed by atoms with Crippen LogP contribution in [0.25, 0.3) is 0 Å². The van der Waals surface area contributed by atoms with E-state index < -0.39 is 71.2 Å². The van der Waals surface area contributed by atoms with Gasteiger partial charge < -0.3 is 20.7 Å². The van der Waals surface area contributed by atoms with Gasteiger partial charge in [0.2, 0.25) is 0 Å². The summed E-state index contributed by atoms with van der Waals surface area (Å²) in [6.45, 7) is 12.1. The highest BCUT2D eigenvalue weighted by Gasteiger charge is 2.69. The molecule has 0 spiro atoms. The molecule has 0 amide bonds. The molecule has 1 saturated heterocycles. The molecule has 0 aromatic rings. The summed E-state index contributed by atoms with van der Waals surface area (Å²) in [6.07, 6.45) is -5.41. The largest absolute Gasteiger partial charge is 0.458 e. The maximum absolute atomic E-state index is 14.3. The van der Waals surface area contributed by atoms with Gasteiger partial charge in [-0.1, -0.05) is 48.0 Å². The van der Waals surface area contributed by atoms with Gasteiger partial charge in [-0.25, -0.2) is 0 Å². The topological polar surface area (TPSA) is 110 Å². The van der Waals surface area contributed by atoms with Gasteiger partial charge in [0.1, 0.15) is 11.9 Å². The van der Waals surface area contributed by atoms with Crippen LogP contribution >= 0.6 is 11.8 Å². The number of hydrogen-bond acceptors (Lipinski definition) is 7. The molecule has 2 fully saturated rings. The molecule has 1 heterocycles. The van der Waals surface area contributed by atoms with E-state index in [2.05, 4.69) is 13.8 Å². The molecule has 1 aliphatic heterocycles. The lowest BCUT2D eigenvalue weighted by Gasteiger charge is -2.34. The van der Waals surface area contributed by atoms with Crippen molar-refractivity contribution in [3.63, 3.8) is 0 Å². The van der Waals surface area contributed by atoms with Gasteiger partial charge in [-0.3, -0.25) is 9.59 Å². The predicted octanol–water partition coefficient (Wildman–Crippen LogP) is 6.30. The number of ether oxygens (including phenoxy) is 1. The van der Waals surface area contributed by atoms with Gasteiger partial charge in [0.25, 0.3) is 0 Å². The maximum Gasteiger partial charge on any atom is 0.394 e. The second-order valence-corrected chi connectivity index (χ2v) is 13.9. The Labute approximate surface area is 241 Å². The molecule has 230 valence electrons. The number of aliphatic hydroxyl groups excluding tert-OH is 2. The van der Waals surface area contributed by atoms with Crippen LogP contribution in [0.1, 0.15) is 93.4 Å². The predicted molar refractivity (Wildman–Crippen MR) is 152 cm³/mol. The average Bonchev–Trinajstić information content (AvgIpc) is 3.58. The fourth-order valence-corrected chi connectivity index (χ4v) is 6.33. The minimum absolute atomic E-state index is 0.0208. The second-order valence-electron chi connectivity index (χ2n) is 12.6. The first-order valence-corrected chi connectivity index (χ1v) is 15.3. The van der Waals surface area contributed by atoms with E-state index in [0.717, 1.165) is 6.42 Å². The Bertz CT molecular complexity index is 965. The van der Waals surface area contributed by atoms with Crippen molar-refractivity contribution in [2.45, 2.75) is 123 Å². The monoisotopic (exact) mass is 591 g/mol. The number of halogens is 3. The van der Waals surface area contributed by atoms with Crippen LogP contribution in [0.4, 0.5) is 13.2 Å². The molecular weight excluding hydrogens is 543 g/mol. The zero-order valence-corrected chi connectivity index (χ0v) is 25.7. The molecule has 6 nitrogen and oxygen atoms in total. The van der Waals surface area contributed by atoms with E-state index in [1.807, 2.05) is 0 Å². The van der Waals surface area contributed by atoms with Gasteiger partial charge in [-0.2, -0.15) is 13.2 Å². The Morgan fingerprint density at radius 3 is 2.45 bits per heavy atom. The van der Waals surface area contributed by atoms with Crippen molar-refractivity contribution in [1.82, 2.24) is 0 Å². The number of carbonyl (C=O) groups is 2. The van der Waals surface area contributed by atoms with Gasteiger partial charge in [0, 0.05) is 16.9 Å². The molecule has 0 radical (unpaired) electrons. The summed E-state index contributed by atoms with van der Waals surface area (Å²) in [5.74, 6) is -3.24. The summed E-state index contributed by atoms with van der Waals surface area (Å²) in [5.41, 5.74) is 3.86. The average molecular weight is 592 g/mol. The van der Waals surface area contributed by atoms with Crippen LogP contribution in [0.2, 0.25) is 0 Å². The molecule has 4 N–H and O–H groups in total. The number of fused-ring (bicyclic) bond motifs is 1. The Kier molecular flexibility index (Phi) is 11.8. The Morgan fingerprint density at radius 2 is 1.88 bits per heavy atom. The number of carbonyl (C=O) groups excluding carboxylic acids is 2. The summed E-state index contributed by atoms with van der Waals surface area (Å²) in [4.78, 5) is 26.2. The lowest BCUT2D eigenvalue weighted by atomic mass is 9.73. The Balaban J connectivity index is 2.42. The van der Waals surface area contributed by atoms with Crippen LogP contribution in [-0.2, 0) is 14.3 Å². The van der Waals surface area contributed by atoms with Crippen LogP contribution < -0.4 is 5.73 Å². The number of cyclic esters (lactones) is 1. The van der Waals surface area contributed by atoms with Crippen LogP contribution in [0.5, 0.6) is 0 Å². The number of hydrogen-bond donors (Lipinski definition) is 3. The van der Waals surface area contributed by atoms with E-state index in [1.165, 1.54) is 13.8 Å². The summed E-state index contributed by atoms with van der Waals surface area (Å²) in [7, 11) is 0. The molecule has 0 bridgehead atoms. The number of allylic oxidation sites excluding steroid dienone is 1. The first-order chi connectivity index (χ1) is 18.4. The number of alkyl halides is 3. The van der Waals surface area contributed by atoms with Crippen LogP contribution in [0.3, 0.4) is 0 Å². The van der Waals surface area contributed by atoms with Crippen LogP contribution in [0, 0.1) is 28.6 Å². The molecule has 0 aromatic heterocycles. The van der Waals surface area contributed by atoms with Crippen molar-refractivity contribution in [2.24, 2.45) is 34.3 Å². The SMILES string of the molecule is CCC(C)S/C=C(N)/C=C(\C)[C@@H]1CC2CC2(C(F)(F)F)CCC[C@H](C)[C@H](O)[C@@H](C)C(=O)C(C)(C)[C@@H](O)CC(=O)O1. The maximum atomic E-state index is 14.3. The summed E-state index contributed by atoms with van der Waals surface area (Å²) < 4.78 is 48.7. The molecule has 1 saturated carbocycles. The summed E-state index contributed by atoms with van der Waals surface area (Å²) in [6, 6.07) is 0. The molecule has 0 aromatic carbocycles. The van der Waals surface area contributed by atoms with Gasteiger partial charge >= 0.3 is 12.1 Å². The van der Waals surface area contributed by atoms with Gasteiger partial charge in [-0.05, 0) is 67.9 Å². The smallest absolute Gasteiger partial charge is 0.394 e. The molecule has 2 rings (SSSR count). The van der Waals surface area contributed by atoms with Crippen molar-refractivity contribution in [2.75, 3.05) is 0 Å². The van der Waals surface area contributed by atoms with E-state index in [-0.39, 0.29) is 25.7 Å². The minimum atomic E-state index is -4.42. The third kappa shape index (κ3) is 8.28. The van der Waals surface area contributed by atoms with E-state index in [1.54, 1.807) is 44.0 Å².